The largest absolute Gasteiger partial charge is 0.495 e. The molecule has 0 bridgehead atoms. The maximum absolute atomic E-state index is 5.27. The lowest BCUT2D eigenvalue weighted by atomic mass is 10.00. The Kier molecular flexibility index (Phi) is 3.70. The third kappa shape index (κ3) is 2.54. The molecule has 3 unspecified atom stereocenters. The predicted octanol–water partition coefficient (Wildman–Crippen LogP) is 3.15. The number of nitrogens with one attached hydrogen (secondary N) is 1. The van der Waals surface area contributed by atoms with Gasteiger partial charge in [0.05, 0.1) is 13.3 Å². The SMILES string of the molecule is CNC(c1cncc(OC)c1)C1CC1c1ccccc1. The molecule has 0 aliphatic heterocycles. The highest BCUT2D eigenvalue weighted by Gasteiger charge is 2.43. The molecule has 1 aliphatic rings. The van der Waals surface area contributed by atoms with Gasteiger partial charge in [-0.15, -0.1) is 0 Å². The van der Waals surface area contributed by atoms with Crippen LogP contribution in [0.1, 0.15) is 29.5 Å². The van der Waals surface area contributed by atoms with Crippen LogP contribution in [-0.4, -0.2) is 19.1 Å². The second-order valence-corrected chi connectivity index (χ2v) is 5.34. The molecular weight excluding hydrogens is 248 g/mol. The topological polar surface area (TPSA) is 34.2 Å². The van der Waals surface area contributed by atoms with Crippen molar-refractivity contribution in [2.75, 3.05) is 14.2 Å². The Morgan fingerprint density at radius 3 is 2.75 bits per heavy atom. The highest BCUT2D eigenvalue weighted by atomic mass is 16.5. The molecule has 104 valence electrons. The Balaban J connectivity index is 1.78. The zero-order chi connectivity index (χ0) is 13.9. The Morgan fingerprint density at radius 2 is 2.05 bits per heavy atom. The van der Waals surface area contributed by atoms with E-state index in [0.717, 1.165) is 5.75 Å². The predicted molar refractivity (Wildman–Crippen MR) is 79.9 cm³/mol. The number of aromatic nitrogens is 1. The number of hydrogen-bond acceptors (Lipinski definition) is 3. The van der Waals surface area contributed by atoms with Gasteiger partial charge in [-0.3, -0.25) is 4.98 Å². The zero-order valence-corrected chi connectivity index (χ0v) is 11.9. The van der Waals surface area contributed by atoms with Gasteiger partial charge in [-0.2, -0.15) is 0 Å². The number of benzene rings is 1. The van der Waals surface area contributed by atoms with Crippen molar-refractivity contribution in [1.82, 2.24) is 10.3 Å². The Morgan fingerprint density at radius 1 is 1.25 bits per heavy atom. The molecule has 3 heteroatoms. The molecule has 1 heterocycles. The Hall–Kier alpha value is -1.87. The van der Waals surface area contributed by atoms with E-state index in [1.807, 2.05) is 13.2 Å². The molecule has 20 heavy (non-hydrogen) atoms. The highest BCUT2D eigenvalue weighted by Crippen LogP contribution is 2.53. The average Bonchev–Trinajstić information content (AvgIpc) is 3.30. The Labute approximate surface area is 120 Å². The minimum Gasteiger partial charge on any atom is -0.495 e. The maximum Gasteiger partial charge on any atom is 0.137 e. The molecule has 1 N–H and O–H groups in total. The standard InChI is InChI=1S/C17H20N2O/c1-18-17(13-8-14(20-2)11-19-10-13)16-9-15(16)12-6-4-3-5-7-12/h3-8,10-11,15-18H,9H2,1-2H3. The molecule has 1 saturated carbocycles. The van der Waals surface area contributed by atoms with E-state index in [2.05, 4.69) is 46.7 Å². The summed E-state index contributed by atoms with van der Waals surface area (Å²) >= 11 is 0. The highest BCUT2D eigenvalue weighted by molar-refractivity contribution is 5.32. The fraction of sp³-hybridized carbons (Fsp3) is 0.353. The molecule has 3 rings (SSSR count). The summed E-state index contributed by atoms with van der Waals surface area (Å²) in [4.78, 5) is 4.27. The van der Waals surface area contributed by atoms with E-state index in [9.17, 15) is 0 Å². The van der Waals surface area contributed by atoms with Crippen LogP contribution in [0, 0.1) is 5.92 Å². The summed E-state index contributed by atoms with van der Waals surface area (Å²) < 4.78 is 5.27. The smallest absolute Gasteiger partial charge is 0.137 e. The molecular formula is C17H20N2O. The van der Waals surface area contributed by atoms with Crippen molar-refractivity contribution in [3.8, 4) is 5.75 Å². The number of hydrogen-bond donors (Lipinski definition) is 1. The normalized spacial score (nSPS) is 22.3. The lowest BCUT2D eigenvalue weighted by Crippen LogP contribution is -2.19. The number of methoxy groups -OCH3 is 1. The molecule has 1 aromatic carbocycles. The molecule has 1 aliphatic carbocycles. The number of nitrogens with zero attached hydrogens (tertiary/aromatic N) is 1. The van der Waals surface area contributed by atoms with Crippen molar-refractivity contribution in [2.24, 2.45) is 5.92 Å². The minimum absolute atomic E-state index is 0.336. The van der Waals surface area contributed by atoms with Gasteiger partial charge in [0.2, 0.25) is 0 Å². The number of ether oxygens (including phenoxy) is 1. The Bertz CT molecular complexity index is 570. The van der Waals surface area contributed by atoms with Crippen LogP contribution in [0.4, 0.5) is 0 Å². The summed E-state index contributed by atoms with van der Waals surface area (Å²) in [5.41, 5.74) is 2.64. The van der Waals surface area contributed by atoms with E-state index in [1.54, 1.807) is 13.3 Å². The summed E-state index contributed by atoms with van der Waals surface area (Å²) in [7, 11) is 3.70. The van der Waals surface area contributed by atoms with E-state index in [-0.39, 0.29) is 0 Å². The van der Waals surface area contributed by atoms with Crippen LogP contribution in [0.5, 0.6) is 5.75 Å². The van der Waals surface area contributed by atoms with Crippen molar-refractivity contribution in [3.63, 3.8) is 0 Å². The molecule has 3 atom stereocenters. The summed E-state index contributed by atoms with van der Waals surface area (Å²) in [5.74, 6) is 2.11. The van der Waals surface area contributed by atoms with Crippen LogP contribution in [0.3, 0.4) is 0 Å². The fourth-order valence-corrected chi connectivity index (χ4v) is 3.01. The van der Waals surface area contributed by atoms with Gasteiger partial charge in [-0.25, -0.2) is 0 Å². The molecule has 2 aromatic rings. The molecule has 1 aromatic heterocycles. The lowest BCUT2D eigenvalue weighted by molar-refractivity contribution is 0.410. The zero-order valence-electron chi connectivity index (χ0n) is 11.9. The van der Waals surface area contributed by atoms with Crippen LogP contribution >= 0.6 is 0 Å². The van der Waals surface area contributed by atoms with Crippen molar-refractivity contribution < 1.29 is 4.74 Å². The first-order valence-electron chi connectivity index (χ1n) is 7.04. The van der Waals surface area contributed by atoms with Crippen molar-refractivity contribution in [2.45, 2.75) is 18.4 Å². The molecule has 0 saturated heterocycles. The van der Waals surface area contributed by atoms with Crippen molar-refractivity contribution in [1.29, 1.82) is 0 Å². The lowest BCUT2D eigenvalue weighted by Gasteiger charge is -2.17. The van der Waals surface area contributed by atoms with Crippen LogP contribution in [-0.2, 0) is 0 Å². The second kappa shape index (κ2) is 5.63. The monoisotopic (exact) mass is 268 g/mol. The summed E-state index contributed by atoms with van der Waals surface area (Å²) in [5, 5.41) is 3.44. The van der Waals surface area contributed by atoms with Crippen LogP contribution in [0.2, 0.25) is 0 Å². The molecule has 1 fully saturated rings. The first-order chi connectivity index (χ1) is 9.83. The first kappa shape index (κ1) is 13.1. The van der Waals surface area contributed by atoms with E-state index in [1.165, 1.54) is 17.5 Å². The van der Waals surface area contributed by atoms with Gasteiger partial charge >= 0.3 is 0 Å². The third-order valence-corrected chi connectivity index (χ3v) is 4.14. The van der Waals surface area contributed by atoms with Gasteiger partial charge in [-0.1, -0.05) is 30.3 Å². The third-order valence-electron chi connectivity index (χ3n) is 4.14. The van der Waals surface area contributed by atoms with Gasteiger partial charge in [0.25, 0.3) is 0 Å². The summed E-state index contributed by atoms with van der Waals surface area (Å²) in [6.45, 7) is 0. The summed E-state index contributed by atoms with van der Waals surface area (Å²) in [6, 6.07) is 13.2. The van der Waals surface area contributed by atoms with E-state index in [4.69, 9.17) is 4.74 Å². The van der Waals surface area contributed by atoms with E-state index in [0.29, 0.717) is 17.9 Å². The van der Waals surface area contributed by atoms with Crippen LogP contribution < -0.4 is 10.1 Å². The molecule has 0 radical (unpaired) electrons. The van der Waals surface area contributed by atoms with E-state index >= 15 is 0 Å². The van der Waals surface area contributed by atoms with Gasteiger partial charge in [0.15, 0.2) is 0 Å². The summed E-state index contributed by atoms with van der Waals surface area (Å²) in [6.07, 6.45) is 4.91. The van der Waals surface area contributed by atoms with Gasteiger partial charge in [0, 0.05) is 12.2 Å². The van der Waals surface area contributed by atoms with Gasteiger partial charge in [-0.05, 0) is 42.5 Å². The van der Waals surface area contributed by atoms with Crippen molar-refractivity contribution >= 4 is 0 Å². The number of pyridine rings is 1. The quantitative estimate of drug-likeness (QED) is 0.904. The molecule has 3 nitrogen and oxygen atoms in total. The number of rotatable bonds is 5. The molecule has 0 amide bonds. The molecule has 0 spiro atoms. The first-order valence-corrected chi connectivity index (χ1v) is 7.04. The van der Waals surface area contributed by atoms with Crippen LogP contribution in [0.25, 0.3) is 0 Å². The van der Waals surface area contributed by atoms with Gasteiger partial charge < -0.3 is 10.1 Å². The second-order valence-electron chi connectivity index (χ2n) is 5.34. The van der Waals surface area contributed by atoms with Crippen molar-refractivity contribution in [3.05, 3.63) is 59.9 Å². The fourth-order valence-electron chi connectivity index (χ4n) is 3.01. The van der Waals surface area contributed by atoms with E-state index < -0.39 is 0 Å². The minimum atomic E-state index is 0.336. The average molecular weight is 268 g/mol. The van der Waals surface area contributed by atoms with Crippen LogP contribution in [0.15, 0.2) is 48.8 Å². The maximum atomic E-state index is 5.27. The van der Waals surface area contributed by atoms with Gasteiger partial charge in [0.1, 0.15) is 5.75 Å².